The van der Waals surface area contributed by atoms with E-state index in [4.69, 9.17) is 20.4 Å². The van der Waals surface area contributed by atoms with Gasteiger partial charge in [0.2, 0.25) is 0 Å². The third-order valence-corrected chi connectivity index (χ3v) is 5.80. The van der Waals surface area contributed by atoms with E-state index in [2.05, 4.69) is 10.1 Å². The van der Waals surface area contributed by atoms with Gasteiger partial charge in [-0.15, -0.1) is 0 Å². The van der Waals surface area contributed by atoms with Crippen LogP contribution >= 0.6 is 0 Å². The maximum Gasteiger partial charge on any atom is 0.315 e. The predicted octanol–water partition coefficient (Wildman–Crippen LogP) is 3.66. The number of allylic oxidation sites excluding steroid dienone is 2. The highest BCUT2D eigenvalue weighted by Crippen LogP contribution is 2.34. The van der Waals surface area contributed by atoms with Gasteiger partial charge in [0, 0.05) is 12.1 Å². The number of nitrogens with two attached hydrogens (primary N) is 1. The molecule has 0 saturated carbocycles. The highest BCUT2D eigenvalue weighted by molar-refractivity contribution is 6.03. The minimum absolute atomic E-state index is 0.0592. The zero-order chi connectivity index (χ0) is 24.1. The number of ether oxygens (including phenoxy) is 2. The van der Waals surface area contributed by atoms with Gasteiger partial charge in [-0.25, -0.2) is 0 Å². The molecule has 0 radical (unpaired) electrons. The van der Waals surface area contributed by atoms with Crippen LogP contribution in [0.5, 0.6) is 0 Å². The third-order valence-electron chi connectivity index (χ3n) is 5.80. The highest BCUT2D eigenvalue weighted by Gasteiger charge is 2.42. The number of hydrogen-bond acceptors (Lipinski definition) is 7. The van der Waals surface area contributed by atoms with Crippen LogP contribution in [0.2, 0.25) is 0 Å². The van der Waals surface area contributed by atoms with Crippen molar-refractivity contribution in [1.29, 1.82) is 0 Å². The van der Waals surface area contributed by atoms with E-state index < -0.39 is 5.92 Å². The lowest BCUT2D eigenvalue weighted by Crippen LogP contribution is -2.44. The van der Waals surface area contributed by atoms with E-state index in [0.717, 1.165) is 22.4 Å². The molecule has 0 spiro atoms. The normalized spacial score (nSPS) is 19.4. The first-order valence-electron chi connectivity index (χ1n) is 11.3. The molecule has 8 nitrogen and oxygen atoms in total. The van der Waals surface area contributed by atoms with Crippen molar-refractivity contribution in [1.82, 2.24) is 4.90 Å². The molecule has 2 aliphatic rings. The van der Waals surface area contributed by atoms with E-state index in [1.807, 2.05) is 78.6 Å². The van der Waals surface area contributed by atoms with Crippen LogP contribution in [0.1, 0.15) is 25.0 Å². The fraction of sp³-hybridized carbons (Fsp3) is 0.269. The molecular weight excluding hydrogens is 432 g/mol. The van der Waals surface area contributed by atoms with E-state index >= 15 is 0 Å². The lowest BCUT2D eigenvalue weighted by Gasteiger charge is -2.32. The van der Waals surface area contributed by atoms with Gasteiger partial charge in [0.25, 0.3) is 6.02 Å². The molecule has 1 aliphatic heterocycles. The van der Waals surface area contributed by atoms with E-state index in [1.54, 1.807) is 6.92 Å². The number of hydrogen-bond donors (Lipinski definition) is 2. The molecule has 2 aromatic carbocycles. The van der Waals surface area contributed by atoms with Gasteiger partial charge < -0.3 is 25.3 Å². The smallest absolute Gasteiger partial charge is 0.315 e. The number of carbonyl (C=O) groups excluding carboxylic acids is 1. The second kappa shape index (κ2) is 10.2. The molecule has 4 rings (SSSR count). The molecule has 3 N–H and O–H groups in total. The summed E-state index contributed by atoms with van der Waals surface area (Å²) < 4.78 is 11.1. The Morgan fingerprint density at radius 2 is 1.91 bits per heavy atom. The number of rotatable bonds is 7. The summed E-state index contributed by atoms with van der Waals surface area (Å²) in [5, 5.41) is 12.3. The molecule has 8 heteroatoms. The van der Waals surface area contributed by atoms with Crippen molar-refractivity contribution in [3.8, 4) is 11.1 Å². The third kappa shape index (κ3) is 4.52. The first kappa shape index (κ1) is 23.1. The van der Waals surface area contributed by atoms with Gasteiger partial charge in [-0.3, -0.25) is 4.79 Å². The van der Waals surface area contributed by atoms with Crippen molar-refractivity contribution >= 4 is 17.8 Å². The number of nitrogens with zero attached hydrogens (tertiary/aromatic N) is 3. The predicted molar refractivity (Wildman–Crippen MR) is 130 cm³/mol. The summed E-state index contributed by atoms with van der Waals surface area (Å²) in [6.45, 7) is 5.01. The second-order valence-electron chi connectivity index (χ2n) is 7.88. The van der Waals surface area contributed by atoms with E-state index in [0.29, 0.717) is 31.3 Å². The van der Waals surface area contributed by atoms with Gasteiger partial charge in [0.15, 0.2) is 5.84 Å². The van der Waals surface area contributed by atoms with Crippen molar-refractivity contribution in [2.75, 3.05) is 13.2 Å². The monoisotopic (exact) mass is 460 g/mol. The Hall–Kier alpha value is -4.07. The van der Waals surface area contributed by atoms with Crippen LogP contribution in [-0.4, -0.2) is 47.2 Å². The molecule has 0 fully saturated rings. The molecule has 0 bridgehead atoms. The van der Waals surface area contributed by atoms with Crippen LogP contribution < -0.4 is 5.73 Å². The Morgan fingerprint density at radius 3 is 2.62 bits per heavy atom. The maximum absolute atomic E-state index is 12.7. The molecule has 0 aromatic heterocycles. The van der Waals surface area contributed by atoms with Crippen molar-refractivity contribution in [2.24, 2.45) is 21.8 Å². The van der Waals surface area contributed by atoms with E-state index in [-0.39, 0.29) is 17.8 Å². The number of oxime groups is 1. The molecule has 0 amide bonds. The number of esters is 1. The summed E-state index contributed by atoms with van der Waals surface area (Å²) in [6, 6.07) is 15.7. The number of benzene rings is 2. The van der Waals surface area contributed by atoms with Crippen LogP contribution in [0.3, 0.4) is 0 Å². The molecule has 0 saturated heterocycles. The summed E-state index contributed by atoms with van der Waals surface area (Å²) in [6.07, 6.45) is 5.61. The van der Waals surface area contributed by atoms with Gasteiger partial charge in [-0.05, 0) is 36.6 Å². The minimum Gasteiger partial charge on any atom is -0.465 e. The van der Waals surface area contributed by atoms with E-state index in [9.17, 15) is 4.79 Å². The summed E-state index contributed by atoms with van der Waals surface area (Å²) >= 11 is 0. The Kier molecular flexibility index (Phi) is 6.96. The first-order chi connectivity index (χ1) is 16.6. The standard InChI is InChI=1S/C26H28N4O4/c1-3-33-25(31)21-10-7-11-22-23(21)30(26(28-22)34-4-2)16-17-12-14-18(15-13-17)19-8-5-6-9-20(19)24(27)29-32/h5-15,21,23,32H,3-4,16H2,1-2H3,(H2,27,29). The lowest BCUT2D eigenvalue weighted by molar-refractivity contribution is -0.147. The Morgan fingerprint density at radius 1 is 1.15 bits per heavy atom. The Bertz CT molecular complexity index is 1170. The van der Waals surface area contributed by atoms with Crippen LogP contribution in [0, 0.1) is 5.92 Å². The topological polar surface area (TPSA) is 110 Å². The molecule has 1 heterocycles. The van der Waals surface area contributed by atoms with Gasteiger partial charge in [-0.2, -0.15) is 4.99 Å². The zero-order valence-electron chi connectivity index (χ0n) is 19.2. The number of carbonyl (C=O) groups is 1. The first-order valence-corrected chi connectivity index (χ1v) is 11.3. The largest absolute Gasteiger partial charge is 0.465 e. The van der Waals surface area contributed by atoms with Crippen LogP contribution in [-0.2, 0) is 20.8 Å². The van der Waals surface area contributed by atoms with Crippen LogP contribution in [0.15, 0.2) is 82.6 Å². The molecule has 176 valence electrons. The lowest BCUT2D eigenvalue weighted by atomic mass is 9.91. The van der Waals surface area contributed by atoms with Gasteiger partial charge in [-0.1, -0.05) is 65.8 Å². The fourth-order valence-electron chi connectivity index (χ4n) is 4.27. The van der Waals surface area contributed by atoms with Crippen LogP contribution in [0.4, 0.5) is 0 Å². The summed E-state index contributed by atoms with van der Waals surface area (Å²) in [4.78, 5) is 19.3. The highest BCUT2D eigenvalue weighted by atomic mass is 16.5. The van der Waals surface area contributed by atoms with E-state index in [1.165, 1.54) is 0 Å². The Balaban J connectivity index is 1.61. The zero-order valence-corrected chi connectivity index (χ0v) is 19.2. The van der Waals surface area contributed by atoms with Crippen molar-refractivity contribution in [2.45, 2.75) is 26.4 Å². The molecular formula is C26H28N4O4. The quantitative estimate of drug-likeness (QED) is 0.215. The number of aliphatic imine (C=N–C) groups is 1. The summed E-state index contributed by atoms with van der Waals surface area (Å²) in [5.41, 5.74) is 10.1. The number of amidine groups is 2. The minimum atomic E-state index is -0.464. The van der Waals surface area contributed by atoms with Gasteiger partial charge in [0.05, 0.1) is 25.0 Å². The molecule has 2 aromatic rings. The SMILES string of the molecule is CCOC(=O)C1C=CC=C2N=C(OCC)N(Cc3ccc(-c4ccccc4/C(N)=N/O)cc3)C21. The average Bonchev–Trinajstić information content (AvgIpc) is 3.21. The van der Waals surface area contributed by atoms with Crippen LogP contribution in [0.25, 0.3) is 11.1 Å². The van der Waals surface area contributed by atoms with Gasteiger partial charge >= 0.3 is 5.97 Å². The second-order valence-corrected chi connectivity index (χ2v) is 7.88. The summed E-state index contributed by atoms with van der Waals surface area (Å²) in [5.74, 6) is -0.681. The summed E-state index contributed by atoms with van der Waals surface area (Å²) in [7, 11) is 0. The van der Waals surface area contributed by atoms with Gasteiger partial charge in [0.1, 0.15) is 5.92 Å². The average molecular weight is 461 g/mol. The molecule has 2 atom stereocenters. The van der Waals surface area contributed by atoms with Crippen molar-refractivity contribution < 1.29 is 19.5 Å². The molecule has 34 heavy (non-hydrogen) atoms. The number of fused-ring (bicyclic) bond motifs is 1. The Labute approximate surface area is 198 Å². The maximum atomic E-state index is 12.7. The van der Waals surface area contributed by atoms with Crippen molar-refractivity contribution in [3.05, 3.63) is 83.6 Å². The molecule has 2 unspecified atom stereocenters. The molecule has 1 aliphatic carbocycles. The van der Waals surface area contributed by atoms with Crippen molar-refractivity contribution in [3.63, 3.8) is 0 Å². The fourth-order valence-corrected chi connectivity index (χ4v) is 4.27.